The van der Waals surface area contributed by atoms with Gasteiger partial charge in [0.15, 0.2) is 0 Å². The largest absolute Gasteiger partial charge is 0.459 e. The van der Waals surface area contributed by atoms with Gasteiger partial charge in [-0.1, -0.05) is 48.0 Å². The topological polar surface area (TPSA) is 35.5 Å². The van der Waals surface area contributed by atoms with Gasteiger partial charge in [-0.05, 0) is 49.9 Å². The summed E-state index contributed by atoms with van der Waals surface area (Å²) in [7, 11) is 0. The molecule has 0 bridgehead atoms. The predicted molar refractivity (Wildman–Crippen MR) is 96.3 cm³/mol. The summed E-state index contributed by atoms with van der Waals surface area (Å²) in [4.78, 5) is 12.0. The minimum absolute atomic E-state index is 0.120. The fourth-order valence-corrected chi connectivity index (χ4v) is 2.52. The van der Waals surface area contributed by atoms with E-state index in [1.807, 2.05) is 25.1 Å². The highest BCUT2D eigenvalue weighted by Gasteiger charge is 2.12. The van der Waals surface area contributed by atoms with E-state index in [2.05, 4.69) is 12.1 Å². The number of rotatable bonds is 9. The van der Waals surface area contributed by atoms with E-state index in [0.29, 0.717) is 23.8 Å². The summed E-state index contributed by atoms with van der Waals surface area (Å²) in [5.41, 5.74) is 1.67. The smallest absolute Gasteiger partial charge is 0.338 e. The summed E-state index contributed by atoms with van der Waals surface area (Å²) >= 11 is 5.88. The molecule has 0 saturated carbocycles. The average Bonchev–Trinajstić information content (AvgIpc) is 2.59. The highest BCUT2D eigenvalue weighted by atomic mass is 35.5. The Hall–Kier alpha value is -1.84. The molecule has 0 amide bonds. The first-order valence-corrected chi connectivity index (χ1v) is 8.61. The van der Waals surface area contributed by atoms with Gasteiger partial charge in [-0.2, -0.15) is 0 Å². The second kappa shape index (κ2) is 10.1. The van der Waals surface area contributed by atoms with Gasteiger partial charge in [0.25, 0.3) is 0 Å². The number of hydrogen-bond acceptors (Lipinski definition) is 3. The zero-order chi connectivity index (χ0) is 17.2. The van der Waals surface area contributed by atoms with Crippen LogP contribution < -0.4 is 0 Å². The van der Waals surface area contributed by atoms with E-state index in [0.717, 1.165) is 19.3 Å². The molecular formula is C20H23ClO3. The lowest BCUT2D eigenvalue weighted by Gasteiger charge is -2.13. The molecule has 1 unspecified atom stereocenters. The van der Waals surface area contributed by atoms with Crippen LogP contribution in [0.25, 0.3) is 0 Å². The third-order valence-electron chi connectivity index (χ3n) is 3.63. The zero-order valence-corrected chi connectivity index (χ0v) is 14.7. The first kappa shape index (κ1) is 18.5. The number of benzene rings is 2. The Morgan fingerprint density at radius 2 is 1.88 bits per heavy atom. The van der Waals surface area contributed by atoms with E-state index >= 15 is 0 Å². The van der Waals surface area contributed by atoms with Crippen LogP contribution >= 0.6 is 11.6 Å². The van der Waals surface area contributed by atoms with Crippen molar-refractivity contribution in [1.82, 2.24) is 0 Å². The van der Waals surface area contributed by atoms with Crippen molar-refractivity contribution in [1.29, 1.82) is 0 Å². The Labute approximate surface area is 148 Å². The number of carbonyl (C=O) groups is 1. The van der Waals surface area contributed by atoms with Crippen LogP contribution in [0.5, 0.6) is 0 Å². The molecule has 0 saturated heterocycles. The molecule has 2 rings (SSSR count). The number of unbranched alkanes of at least 4 members (excludes halogenated alkanes) is 1. The van der Waals surface area contributed by atoms with Gasteiger partial charge < -0.3 is 9.47 Å². The summed E-state index contributed by atoms with van der Waals surface area (Å²) in [5.74, 6) is -0.328. The van der Waals surface area contributed by atoms with E-state index in [1.54, 1.807) is 24.3 Å². The molecule has 24 heavy (non-hydrogen) atoms. The van der Waals surface area contributed by atoms with E-state index < -0.39 is 0 Å². The minimum Gasteiger partial charge on any atom is -0.459 e. The fourth-order valence-electron chi connectivity index (χ4n) is 2.33. The Balaban J connectivity index is 1.58. The molecule has 0 spiro atoms. The molecule has 0 N–H and O–H groups in total. The van der Waals surface area contributed by atoms with Crippen molar-refractivity contribution in [3.8, 4) is 0 Å². The quantitative estimate of drug-likeness (QED) is 0.458. The third kappa shape index (κ3) is 6.73. The van der Waals surface area contributed by atoms with Crippen LogP contribution in [0.2, 0.25) is 5.02 Å². The predicted octanol–water partition coefficient (Wildman–Crippen LogP) is 5.27. The van der Waals surface area contributed by atoms with Crippen LogP contribution in [0, 0.1) is 0 Å². The molecule has 0 aliphatic carbocycles. The average molecular weight is 347 g/mol. The van der Waals surface area contributed by atoms with Crippen molar-refractivity contribution in [2.24, 2.45) is 0 Å². The van der Waals surface area contributed by atoms with Crippen molar-refractivity contribution in [3.63, 3.8) is 0 Å². The second-order valence-corrected chi connectivity index (χ2v) is 6.20. The lowest BCUT2D eigenvalue weighted by Crippen LogP contribution is -2.15. The molecular weight excluding hydrogens is 324 g/mol. The van der Waals surface area contributed by atoms with Crippen molar-refractivity contribution in [2.75, 3.05) is 6.61 Å². The monoisotopic (exact) mass is 346 g/mol. The van der Waals surface area contributed by atoms with E-state index in [-0.39, 0.29) is 12.1 Å². The van der Waals surface area contributed by atoms with Gasteiger partial charge >= 0.3 is 5.97 Å². The Kier molecular flexibility index (Phi) is 7.80. The number of carbonyl (C=O) groups excluding carboxylic acids is 1. The molecule has 0 aliphatic heterocycles. The highest BCUT2D eigenvalue weighted by Crippen LogP contribution is 2.14. The lowest BCUT2D eigenvalue weighted by atomic mass is 10.1. The first-order chi connectivity index (χ1) is 11.6. The molecule has 1 atom stereocenters. The number of esters is 1. The number of hydrogen-bond donors (Lipinski definition) is 0. The molecule has 4 heteroatoms. The Bertz CT molecular complexity index is 628. The van der Waals surface area contributed by atoms with Gasteiger partial charge in [0, 0.05) is 11.6 Å². The Morgan fingerprint density at radius 1 is 1.08 bits per heavy atom. The van der Waals surface area contributed by atoms with E-state index in [4.69, 9.17) is 21.1 Å². The molecule has 3 nitrogen and oxygen atoms in total. The van der Waals surface area contributed by atoms with Crippen LogP contribution in [0.3, 0.4) is 0 Å². The fraction of sp³-hybridized carbons (Fsp3) is 0.350. The second-order valence-electron chi connectivity index (χ2n) is 5.76. The highest BCUT2D eigenvalue weighted by molar-refractivity contribution is 6.30. The van der Waals surface area contributed by atoms with Gasteiger partial charge in [0.2, 0.25) is 0 Å². The Morgan fingerprint density at radius 3 is 2.62 bits per heavy atom. The van der Waals surface area contributed by atoms with Gasteiger partial charge in [-0.25, -0.2) is 4.79 Å². The van der Waals surface area contributed by atoms with Crippen molar-refractivity contribution >= 4 is 17.6 Å². The van der Waals surface area contributed by atoms with Gasteiger partial charge in [0.1, 0.15) is 0 Å². The molecule has 128 valence electrons. The van der Waals surface area contributed by atoms with Crippen LogP contribution in [0.4, 0.5) is 0 Å². The number of ether oxygens (including phenoxy) is 2. The molecule has 0 heterocycles. The summed E-state index contributed by atoms with van der Waals surface area (Å²) in [6.07, 6.45) is 2.61. The summed E-state index contributed by atoms with van der Waals surface area (Å²) in [5, 5.41) is 0.535. The van der Waals surface area contributed by atoms with E-state index in [1.165, 1.54) is 5.56 Å². The van der Waals surface area contributed by atoms with Gasteiger partial charge in [0.05, 0.1) is 18.3 Å². The lowest BCUT2D eigenvalue weighted by molar-refractivity contribution is 0.0312. The van der Waals surface area contributed by atoms with Crippen molar-refractivity contribution < 1.29 is 14.3 Å². The summed E-state index contributed by atoms with van der Waals surface area (Å²) < 4.78 is 11.1. The van der Waals surface area contributed by atoms with Crippen molar-refractivity contribution in [3.05, 3.63) is 70.7 Å². The minimum atomic E-state index is -0.328. The maximum atomic E-state index is 12.0. The van der Waals surface area contributed by atoms with Crippen LogP contribution in [0.15, 0.2) is 54.6 Å². The van der Waals surface area contributed by atoms with Crippen LogP contribution in [0.1, 0.15) is 42.1 Å². The SMILES string of the molecule is CC(CCCCOCc1ccccc1)OC(=O)c1cccc(Cl)c1. The van der Waals surface area contributed by atoms with E-state index in [9.17, 15) is 4.79 Å². The molecule has 0 radical (unpaired) electrons. The van der Waals surface area contributed by atoms with Crippen LogP contribution in [-0.2, 0) is 16.1 Å². The first-order valence-electron chi connectivity index (χ1n) is 8.23. The van der Waals surface area contributed by atoms with Crippen molar-refractivity contribution in [2.45, 2.75) is 38.9 Å². The summed E-state index contributed by atoms with van der Waals surface area (Å²) in [6.45, 7) is 3.26. The maximum absolute atomic E-state index is 12.0. The van der Waals surface area contributed by atoms with Crippen LogP contribution in [-0.4, -0.2) is 18.7 Å². The number of halogens is 1. The molecule has 2 aromatic rings. The van der Waals surface area contributed by atoms with Gasteiger partial charge in [-0.15, -0.1) is 0 Å². The summed E-state index contributed by atoms with van der Waals surface area (Å²) in [6, 6.07) is 16.9. The molecule has 0 aliphatic rings. The third-order valence-corrected chi connectivity index (χ3v) is 3.86. The molecule has 0 aromatic heterocycles. The standard InChI is InChI=1S/C20H23ClO3/c1-16(24-20(22)18-11-7-12-19(21)14-18)8-5-6-13-23-15-17-9-3-2-4-10-17/h2-4,7,9-12,14,16H,5-6,8,13,15H2,1H3. The zero-order valence-electron chi connectivity index (χ0n) is 13.9. The molecule has 0 fully saturated rings. The normalized spacial score (nSPS) is 11.9. The maximum Gasteiger partial charge on any atom is 0.338 e. The van der Waals surface area contributed by atoms with Gasteiger partial charge in [-0.3, -0.25) is 0 Å². The molecule has 2 aromatic carbocycles.